The lowest BCUT2D eigenvalue weighted by Gasteiger charge is -2.14. The number of anilines is 1. The first-order valence-electron chi connectivity index (χ1n) is 19.4. The first-order valence-corrected chi connectivity index (χ1v) is 19.4. The quantitative estimate of drug-likeness (QED) is 0.0353. The van der Waals surface area contributed by atoms with E-state index in [9.17, 15) is 51.1 Å². The molecule has 0 saturated heterocycles. The monoisotopic (exact) mass is 924 g/mol. The van der Waals surface area contributed by atoms with E-state index in [0.29, 0.717) is 61.8 Å². The molecule has 0 saturated carbocycles. The summed E-state index contributed by atoms with van der Waals surface area (Å²) in [5.41, 5.74) is 2.98. The Kier molecular flexibility index (Phi) is 18.0. The SMILES string of the molecule is CO/C(=C1\C(=O)N(C(C)=O)c2ccc(C(C)=O)cc21)c1ccc(OC)c(OC)c1.COc1ccc(C(=O)c2c(O)n(C(C)=O)c3ccc(C(C)=O)cc23)cc1OC.C[O+](C)C.F[B-](F)(F)F. The molecule has 0 spiro atoms. The lowest BCUT2D eigenvalue weighted by molar-refractivity contribution is -0.122. The number of amides is 2. The van der Waals surface area contributed by atoms with Crippen LogP contribution in [-0.2, 0) is 18.7 Å². The van der Waals surface area contributed by atoms with Crippen LogP contribution in [0.3, 0.4) is 0 Å². The molecule has 15 nitrogen and oxygen atoms in total. The number of halogens is 4. The number of fused-ring (bicyclic) bond motifs is 2. The number of carbonyl (C=O) groups excluding carboxylic acids is 6. The molecule has 1 aromatic heterocycles. The molecule has 4 aromatic carbocycles. The third-order valence-electron chi connectivity index (χ3n) is 9.26. The van der Waals surface area contributed by atoms with Crippen molar-refractivity contribution in [2.24, 2.45) is 0 Å². The molecule has 0 radical (unpaired) electrons. The van der Waals surface area contributed by atoms with Crippen molar-refractivity contribution in [1.29, 1.82) is 0 Å². The van der Waals surface area contributed by atoms with Crippen molar-refractivity contribution in [3.63, 3.8) is 0 Å². The Morgan fingerprint density at radius 2 is 1.05 bits per heavy atom. The van der Waals surface area contributed by atoms with Gasteiger partial charge in [-0.1, -0.05) is 0 Å². The molecule has 0 unspecified atom stereocenters. The Bertz CT molecular complexity index is 2700. The van der Waals surface area contributed by atoms with E-state index in [1.54, 1.807) is 54.6 Å². The van der Waals surface area contributed by atoms with Crippen LogP contribution in [0.5, 0.6) is 28.9 Å². The summed E-state index contributed by atoms with van der Waals surface area (Å²) in [7, 11) is 7.16. The molecule has 5 aromatic rings. The van der Waals surface area contributed by atoms with E-state index >= 15 is 0 Å². The second-order valence-electron chi connectivity index (χ2n) is 14.4. The van der Waals surface area contributed by atoms with Crippen LogP contribution in [0.15, 0.2) is 72.8 Å². The molecule has 352 valence electrons. The number of hydrogen-bond donors (Lipinski definition) is 1. The van der Waals surface area contributed by atoms with Gasteiger partial charge in [0.1, 0.15) is 27.1 Å². The minimum absolute atomic E-state index is 0.0551. The smallest absolute Gasteiger partial charge is 0.495 e. The third kappa shape index (κ3) is 12.4. The van der Waals surface area contributed by atoms with Crippen molar-refractivity contribution < 1.29 is 79.2 Å². The molecule has 66 heavy (non-hydrogen) atoms. The van der Waals surface area contributed by atoms with Crippen LogP contribution in [0.4, 0.5) is 23.0 Å². The summed E-state index contributed by atoms with van der Waals surface area (Å²) in [5, 5.41) is 11.0. The number of methoxy groups -OCH3 is 5. The fourth-order valence-corrected chi connectivity index (χ4v) is 6.52. The molecule has 20 heteroatoms. The van der Waals surface area contributed by atoms with Gasteiger partial charge in [-0.15, -0.1) is 0 Å². The van der Waals surface area contributed by atoms with E-state index in [4.69, 9.17) is 23.7 Å². The normalized spacial score (nSPS) is 12.3. The molecule has 0 atom stereocenters. The summed E-state index contributed by atoms with van der Waals surface area (Å²) in [5.74, 6) is -0.651. The minimum Gasteiger partial charge on any atom is -0.495 e. The number of aromatic nitrogens is 1. The molecule has 0 aliphatic carbocycles. The van der Waals surface area contributed by atoms with Gasteiger partial charge in [0.25, 0.3) is 5.91 Å². The fourth-order valence-electron chi connectivity index (χ4n) is 6.52. The van der Waals surface area contributed by atoms with E-state index in [2.05, 4.69) is 4.37 Å². The second-order valence-corrected chi connectivity index (χ2v) is 14.4. The van der Waals surface area contributed by atoms with Gasteiger partial charge in [0.05, 0.1) is 57.9 Å². The average Bonchev–Trinajstić information content (AvgIpc) is 3.71. The predicted molar refractivity (Wildman–Crippen MR) is 240 cm³/mol. The fraction of sp³-hybridized carbons (Fsp3) is 0.261. The van der Waals surface area contributed by atoms with Crippen LogP contribution in [-0.4, -0.2) is 109 Å². The average molecular weight is 925 g/mol. The van der Waals surface area contributed by atoms with Crippen LogP contribution in [0.1, 0.15) is 80.3 Å². The molecule has 6 rings (SSSR count). The van der Waals surface area contributed by atoms with E-state index in [1.807, 2.05) is 21.3 Å². The van der Waals surface area contributed by atoms with Crippen molar-refractivity contribution in [2.75, 3.05) is 61.8 Å². The molecule has 2 amide bonds. The zero-order valence-corrected chi connectivity index (χ0v) is 38.3. The Balaban J connectivity index is 0.000000296. The highest BCUT2D eigenvalue weighted by Gasteiger charge is 2.39. The number of imide groups is 1. The van der Waals surface area contributed by atoms with Gasteiger partial charge in [0.2, 0.25) is 17.7 Å². The minimum atomic E-state index is -6.00. The molecular weight excluding hydrogens is 875 g/mol. The maximum Gasteiger partial charge on any atom is 0.673 e. The van der Waals surface area contributed by atoms with Gasteiger partial charge in [0, 0.05) is 47.1 Å². The van der Waals surface area contributed by atoms with Gasteiger partial charge >= 0.3 is 7.25 Å². The lowest BCUT2D eigenvalue weighted by atomic mass is 9.99. The largest absolute Gasteiger partial charge is 0.673 e. The van der Waals surface area contributed by atoms with Gasteiger partial charge in [-0.2, -0.15) is 0 Å². The number of ether oxygens (including phenoxy) is 5. The molecule has 2 heterocycles. The van der Waals surface area contributed by atoms with Gasteiger partial charge in [-0.05, 0) is 86.6 Å². The van der Waals surface area contributed by atoms with Gasteiger partial charge in [-0.25, -0.2) is 4.90 Å². The zero-order valence-electron chi connectivity index (χ0n) is 38.3. The predicted octanol–water partition coefficient (Wildman–Crippen LogP) is 8.50. The van der Waals surface area contributed by atoms with Crippen molar-refractivity contribution in [3.8, 4) is 28.9 Å². The van der Waals surface area contributed by atoms with E-state index in [0.717, 1.165) is 9.47 Å². The van der Waals surface area contributed by atoms with Gasteiger partial charge < -0.3 is 50.4 Å². The van der Waals surface area contributed by atoms with Crippen molar-refractivity contribution >= 4 is 70.2 Å². The number of Topliss-reactive ketones (excluding diaryl/α,β-unsaturated/α-hetero) is 2. The summed E-state index contributed by atoms with van der Waals surface area (Å²) in [6.45, 7) is 5.43. The first kappa shape index (κ1) is 52.9. The summed E-state index contributed by atoms with van der Waals surface area (Å²) in [4.78, 5) is 75.3. The molecule has 1 aliphatic rings. The molecule has 1 N–H and O–H groups in total. The summed E-state index contributed by atoms with van der Waals surface area (Å²) in [6.07, 6.45) is 0. The first-order chi connectivity index (χ1) is 30.9. The molecular formula is C46H49BF4N2O13. The van der Waals surface area contributed by atoms with E-state index < -0.39 is 36.6 Å². The summed E-state index contributed by atoms with van der Waals surface area (Å²) in [6, 6.07) is 19.1. The summed E-state index contributed by atoms with van der Waals surface area (Å²) >= 11 is 0. The van der Waals surface area contributed by atoms with E-state index in [1.165, 1.54) is 81.4 Å². The number of hydrogen-bond acceptors (Lipinski definition) is 12. The van der Waals surface area contributed by atoms with Crippen molar-refractivity contribution in [3.05, 3.63) is 106 Å². The van der Waals surface area contributed by atoms with E-state index in [-0.39, 0.29) is 34.0 Å². The number of nitrogens with zero attached hydrogens (tertiary/aromatic N) is 2. The number of benzene rings is 4. The Morgan fingerprint density at radius 1 is 0.606 bits per heavy atom. The highest BCUT2D eigenvalue weighted by Crippen LogP contribution is 2.43. The number of ketones is 3. The molecule has 0 bridgehead atoms. The maximum absolute atomic E-state index is 13.2. The Morgan fingerprint density at radius 3 is 1.48 bits per heavy atom. The number of aromatic hydroxyl groups is 1. The van der Waals surface area contributed by atoms with Crippen LogP contribution in [0.25, 0.3) is 22.2 Å². The van der Waals surface area contributed by atoms with Crippen molar-refractivity contribution in [1.82, 2.24) is 4.57 Å². The van der Waals surface area contributed by atoms with Crippen LogP contribution in [0.2, 0.25) is 0 Å². The Labute approximate surface area is 377 Å². The number of carbonyl (C=O) groups is 6. The molecule has 0 fully saturated rings. The highest BCUT2D eigenvalue weighted by atomic mass is 19.5. The second kappa shape index (κ2) is 22.4. The van der Waals surface area contributed by atoms with Crippen LogP contribution in [0, 0.1) is 0 Å². The maximum atomic E-state index is 13.2. The Hall–Kier alpha value is -7.48. The van der Waals surface area contributed by atoms with Gasteiger partial charge in [0.15, 0.2) is 40.3 Å². The van der Waals surface area contributed by atoms with Crippen LogP contribution >= 0.6 is 0 Å². The standard InChI is InChI=1S/C22H21NO6.C21H19NO6.C3H9O.BF4/c1-12(24)14-6-8-17-16(10-14)20(22(26)23(17)13(2)25)21(29-5)15-7-9-18(27-3)19(11-15)28-4;1-11(23)13-5-7-16-15(9-13)19(21(26)22(16)12(2)24)20(25)14-6-8-17(27-3)18(10-14)28-4;1-4(2)3;2-1(3,4)5/h6-11H,1-5H3;5-10,26H,1-4H3;1-3H3;/q;;+1;-1/b21-20-;;;. The molecule has 1 aliphatic heterocycles. The highest BCUT2D eigenvalue weighted by molar-refractivity contribution is 6.50. The zero-order chi connectivity index (χ0) is 50.0. The van der Waals surface area contributed by atoms with Crippen molar-refractivity contribution in [2.45, 2.75) is 27.7 Å². The lowest BCUT2D eigenvalue weighted by Crippen LogP contribution is -2.31. The number of rotatable bonds is 10. The van der Waals surface area contributed by atoms with Gasteiger partial charge in [-0.3, -0.25) is 33.3 Å². The summed E-state index contributed by atoms with van der Waals surface area (Å²) < 4.78 is 69.2. The third-order valence-corrected chi connectivity index (χ3v) is 9.26. The topological polar surface area (TPSA) is 180 Å². The van der Waals surface area contributed by atoms with Crippen LogP contribution < -0.4 is 23.8 Å².